The van der Waals surface area contributed by atoms with Crippen molar-refractivity contribution in [3.8, 4) is 28.7 Å². The number of phenolic OH excluding ortho intramolecular Hbond substituents is 2. The summed E-state index contributed by atoms with van der Waals surface area (Å²) in [5.74, 6) is -0.483. The van der Waals surface area contributed by atoms with Crippen LogP contribution < -0.4 is 14.2 Å². The lowest BCUT2D eigenvalue weighted by Crippen LogP contribution is -2.68. The standard InChI is InChI=1S/C26H30N2O8/c1-10-7-12-8-13-26(33)28-14(9-29)16-17(20(30)11(2)24(35-5)25(16)36-6)21(31)19(28)18(27(13)3)15(12)22(32)23(10)34-4/h7,13-14,18-19,29-30,32H,8-9H2,1-6H3/t13-,14-,18?,19?/m0/s1. The van der Waals surface area contributed by atoms with Gasteiger partial charge in [-0.1, -0.05) is 6.07 Å². The van der Waals surface area contributed by atoms with Crippen LogP contribution in [0.25, 0.3) is 0 Å². The number of likely N-dealkylation sites (N-methyl/N-ethyl adjacent to an activating group) is 1. The number of nitrogens with zero attached hydrogens (tertiary/aromatic N) is 2. The van der Waals surface area contributed by atoms with Crippen molar-refractivity contribution >= 4 is 11.7 Å². The second-order valence-electron chi connectivity index (χ2n) is 9.56. The normalized spacial score (nSPS) is 24.7. The number of phenols is 2. The molecule has 1 saturated heterocycles. The van der Waals surface area contributed by atoms with E-state index >= 15 is 0 Å². The van der Waals surface area contributed by atoms with Crippen molar-refractivity contribution in [2.45, 2.75) is 44.4 Å². The van der Waals surface area contributed by atoms with Gasteiger partial charge >= 0.3 is 0 Å². The predicted molar refractivity (Wildman–Crippen MR) is 128 cm³/mol. The molecule has 4 atom stereocenters. The number of aryl methyl sites for hydroxylation is 1. The van der Waals surface area contributed by atoms with Crippen molar-refractivity contribution in [2.75, 3.05) is 35.0 Å². The number of amides is 1. The summed E-state index contributed by atoms with van der Waals surface area (Å²) in [6.07, 6.45) is 0.321. The summed E-state index contributed by atoms with van der Waals surface area (Å²) in [7, 11) is 6.03. The highest BCUT2D eigenvalue weighted by Gasteiger charge is 2.58. The van der Waals surface area contributed by atoms with Crippen molar-refractivity contribution in [3.05, 3.63) is 39.4 Å². The summed E-state index contributed by atoms with van der Waals surface area (Å²) >= 11 is 0. The average molecular weight is 499 g/mol. The first-order valence-electron chi connectivity index (χ1n) is 11.7. The van der Waals surface area contributed by atoms with E-state index in [0.29, 0.717) is 23.3 Å². The summed E-state index contributed by atoms with van der Waals surface area (Å²) < 4.78 is 16.5. The van der Waals surface area contributed by atoms with Crippen molar-refractivity contribution in [1.29, 1.82) is 0 Å². The Labute approximate surface area is 208 Å². The molecular formula is C26H30N2O8. The van der Waals surface area contributed by atoms with Gasteiger partial charge in [-0.25, -0.2) is 0 Å². The van der Waals surface area contributed by atoms with E-state index in [1.54, 1.807) is 18.9 Å². The highest BCUT2D eigenvalue weighted by atomic mass is 16.5. The lowest BCUT2D eigenvalue weighted by molar-refractivity contribution is -0.155. The average Bonchev–Trinajstić information content (AvgIpc) is 2.84. The number of carbonyl (C=O) groups is 2. The minimum atomic E-state index is -1.11. The quantitative estimate of drug-likeness (QED) is 0.578. The maximum atomic E-state index is 14.2. The highest BCUT2D eigenvalue weighted by molar-refractivity contribution is 6.10. The van der Waals surface area contributed by atoms with E-state index < -0.39 is 36.6 Å². The molecule has 10 nitrogen and oxygen atoms in total. The second kappa shape index (κ2) is 8.28. The van der Waals surface area contributed by atoms with Gasteiger partial charge in [-0.15, -0.1) is 0 Å². The molecule has 0 aliphatic carbocycles. The van der Waals surface area contributed by atoms with Gasteiger partial charge in [-0.3, -0.25) is 14.5 Å². The SMILES string of the molecule is COc1c(C)cc2c(c1O)C1C3C(=O)c4c(O)c(C)c(OC)c(OC)c4[C@H](CO)N3C(=O)[C@H](C2)N1C. The second-order valence-corrected chi connectivity index (χ2v) is 9.56. The van der Waals surface area contributed by atoms with Crippen LogP contribution in [0.2, 0.25) is 0 Å². The summed E-state index contributed by atoms with van der Waals surface area (Å²) in [4.78, 5) is 31.3. The van der Waals surface area contributed by atoms with E-state index in [9.17, 15) is 24.9 Å². The van der Waals surface area contributed by atoms with Crippen molar-refractivity contribution in [3.63, 3.8) is 0 Å². The molecule has 0 radical (unpaired) electrons. The Morgan fingerprint density at radius 1 is 0.944 bits per heavy atom. The zero-order chi connectivity index (χ0) is 26.2. The first-order chi connectivity index (χ1) is 17.1. The first-order valence-corrected chi connectivity index (χ1v) is 11.7. The fraction of sp³-hybridized carbons (Fsp3) is 0.462. The molecule has 192 valence electrons. The molecule has 2 unspecified atom stereocenters. The largest absolute Gasteiger partial charge is 0.507 e. The van der Waals surface area contributed by atoms with Crippen LogP contribution in [-0.2, 0) is 11.2 Å². The van der Waals surface area contributed by atoms with Crippen LogP contribution in [0, 0.1) is 13.8 Å². The van der Waals surface area contributed by atoms with Gasteiger partial charge in [0, 0.05) is 16.7 Å². The van der Waals surface area contributed by atoms with Gasteiger partial charge < -0.3 is 34.4 Å². The topological polar surface area (TPSA) is 129 Å². The highest BCUT2D eigenvalue weighted by Crippen LogP contribution is 2.56. The molecule has 36 heavy (non-hydrogen) atoms. The number of ether oxygens (including phenoxy) is 3. The Hall–Kier alpha value is -3.50. The van der Waals surface area contributed by atoms with Gasteiger partial charge in [0.05, 0.1) is 51.6 Å². The van der Waals surface area contributed by atoms with E-state index in [1.165, 1.54) is 26.2 Å². The zero-order valence-electron chi connectivity index (χ0n) is 21.1. The van der Waals surface area contributed by atoms with Crippen LogP contribution in [0.4, 0.5) is 0 Å². The summed E-state index contributed by atoms with van der Waals surface area (Å²) in [6.45, 7) is 2.91. The molecule has 1 amide bonds. The van der Waals surface area contributed by atoms with E-state index in [0.717, 1.165) is 11.1 Å². The van der Waals surface area contributed by atoms with Gasteiger partial charge in [0.2, 0.25) is 5.91 Å². The molecule has 2 aromatic rings. The predicted octanol–water partition coefficient (Wildman–Crippen LogP) is 1.78. The van der Waals surface area contributed by atoms with Crippen molar-refractivity contribution in [1.82, 2.24) is 9.80 Å². The molecule has 0 aromatic heterocycles. The molecule has 1 fully saturated rings. The van der Waals surface area contributed by atoms with Crippen LogP contribution in [0.1, 0.15) is 50.3 Å². The number of hydrogen-bond acceptors (Lipinski definition) is 9. The van der Waals surface area contributed by atoms with Crippen LogP contribution in [0.5, 0.6) is 28.7 Å². The number of ketones is 1. The molecule has 0 saturated carbocycles. The molecule has 3 aliphatic heterocycles. The van der Waals surface area contributed by atoms with Gasteiger partial charge in [0.25, 0.3) is 0 Å². The molecule has 3 N–H and O–H groups in total. The Balaban J connectivity index is 1.83. The molecule has 5 rings (SSSR count). The fourth-order valence-electron chi connectivity index (χ4n) is 6.40. The van der Waals surface area contributed by atoms with Crippen LogP contribution in [0.3, 0.4) is 0 Å². The third-order valence-corrected chi connectivity index (χ3v) is 7.96. The minimum Gasteiger partial charge on any atom is -0.507 e. The number of fused-ring (bicyclic) bond motifs is 7. The summed E-state index contributed by atoms with van der Waals surface area (Å²) in [5, 5.41) is 33.0. The number of aliphatic hydroxyl groups excluding tert-OH is 1. The lowest BCUT2D eigenvalue weighted by atomic mass is 9.73. The smallest absolute Gasteiger partial charge is 0.241 e. The van der Waals surface area contributed by atoms with Gasteiger partial charge in [0.1, 0.15) is 11.8 Å². The number of rotatable bonds is 4. The number of methoxy groups -OCH3 is 3. The maximum absolute atomic E-state index is 14.2. The number of hydrogen-bond donors (Lipinski definition) is 3. The Kier molecular flexibility index (Phi) is 5.57. The molecule has 2 aromatic carbocycles. The van der Waals surface area contributed by atoms with Gasteiger partial charge in [-0.2, -0.15) is 0 Å². The molecule has 3 aliphatic rings. The van der Waals surface area contributed by atoms with Gasteiger partial charge in [-0.05, 0) is 38.4 Å². The number of Topliss-reactive ketones (excluding diaryl/α,β-unsaturated/α-hetero) is 1. The van der Waals surface area contributed by atoms with Crippen LogP contribution in [-0.4, -0.2) is 83.9 Å². The summed E-state index contributed by atoms with van der Waals surface area (Å²) in [5.41, 5.74) is 2.49. The number of benzene rings is 2. The lowest BCUT2D eigenvalue weighted by Gasteiger charge is -2.56. The molecule has 3 heterocycles. The Morgan fingerprint density at radius 2 is 1.58 bits per heavy atom. The monoisotopic (exact) mass is 498 g/mol. The van der Waals surface area contributed by atoms with Crippen LogP contribution >= 0.6 is 0 Å². The molecule has 2 bridgehead atoms. The van der Waals surface area contributed by atoms with E-state index in [4.69, 9.17) is 14.2 Å². The number of carbonyl (C=O) groups excluding carboxylic acids is 2. The minimum absolute atomic E-state index is 0.0178. The summed E-state index contributed by atoms with van der Waals surface area (Å²) in [6, 6.07) is -1.54. The van der Waals surface area contributed by atoms with Crippen molar-refractivity contribution in [2.24, 2.45) is 0 Å². The fourth-order valence-corrected chi connectivity index (χ4v) is 6.40. The number of piperazine rings is 1. The van der Waals surface area contributed by atoms with Crippen molar-refractivity contribution < 1.29 is 39.1 Å². The molecule has 0 spiro atoms. The zero-order valence-corrected chi connectivity index (χ0v) is 21.1. The van der Waals surface area contributed by atoms with Crippen LogP contribution in [0.15, 0.2) is 6.07 Å². The third-order valence-electron chi connectivity index (χ3n) is 7.96. The molecular weight excluding hydrogens is 468 g/mol. The van der Waals surface area contributed by atoms with E-state index in [2.05, 4.69) is 0 Å². The number of aromatic hydroxyl groups is 2. The Morgan fingerprint density at radius 3 is 2.17 bits per heavy atom. The van der Waals surface area contributed by atoms with E-state index in [1.807, 2.05) is 13.0 Å². The third kappa shape index (κ3) is 2.85. The Bertz CT molecular complexity index is 1310. The number of aliphatic hydroxyl groups is 1. The maximum Gasteiger partial charge on any atom is 0.241 e. The first kappa shape index (κ1) is 24.2. The molecule has 10 heteroatoms. The van der Waals surface area contributed by atoms with E-state index in [-0.39, 0.29) is 40.0 Å². The van der Waals surface area contributed by atoms with Gasteiger partial charge in [0.15, 0.2) is 28.8 Å².